The average Bonchev–Trinajstić information content (AvgIpc) is 2.07. The van der Waals surface area contributed by atoms with Crippen molar-refractivity contribution in [2.24, 2.45) is 0 Å². The average molecular weight is 170 g/mol. The normalized spacial score (nSPS) is 19.2. The molecule has 0 fully saturated rings. The van der Waals surface area contributed by atoms with Gasteiger partial charge in [0.05, 0.1) is 6.67 Å². The van der Waals surface area contributed by atoms with Crippen molar-refractivity contribution in [1.29, 1.82) is 0 Å². The van der Waals surface area contributed by atoms with Crippen LogP contribution in [0.25, 0.3) is 0 Å². The second-order valence-corrected chi connectivity index (χ2v) is 2.77. The van der Waals surface area contributed by atoms with Crippen LogP contribution in [-0.2, 0) is 4.79 Å². The lowest BCUT2D eigenvalue weighted by Gasteiger charge is -2.29. The Balaban J connectivity index is 2.58. The molecule has 1 aliphatic heterocycles. The monoisotopic (exact) mass is 170 g/mol. The molecule has 4 heteroatoms. The summed E-state index contributed by atoms with van der Waals surface area (Å²) < 4.78 is 0. The van der Waals surface area contributed by atoms with Gasteiger partial charge in [-0.25, -0.2) is 4.79 Å². The molecule has 1 heterocycles. The van der Waals surface area contributed by atoms with Crippen molar-refractivity contribution in [3.05, 3.63) is 12.3 Å². The van der Waals surface area contributed by atoms with E-state index in [1.807, 2.05) is 19.2 Å². The minimum Gasteiger partial charge on any atom is -0.480 e. The molecule has 4 nitrogen and oxygen atoms in total. The minimum absolute atomic E-state index is 0.394. The van der Waals surface area contributed by atoms with E-state index >= 15 is 0 Å². The first kappa shape index (κ1) is 9.06. The fraction of sp³-hybridized carbons (Fsp3) is 0.625. The summed E-state index contributed by atoms with van der Waals surface area (Å²) in [5.41, 5.74) is 0. The second-order valence-electron chi connectivity index (χ2n) is 2.77. The van der Waals surface area contributed by atoms with Crippen molar-refractivity contribution in [3.8, 4) is 0 Å². The molecule has 0 aromatic rings. The van der Waals surface area contributed by atoms with Crippen LogP contribution in [0.4, 0.5) is 0 Å². The predicted molar refractivity (Wildman–Crippen MR) is 45.6 cm³/mol. The Kier molecular flexibility index (Phi) is 3.10. The Hall–Kier alpha value is -1.03. The largest absolute Gasteiger partial charge is 0.480 e. The molecule has 68 valence electrons. The topological polar surface area (TPSA) is 52.6 Å². The standard InChI is InChI=1S/C8H14N2O2/c1-2-7(8(11)12)10-5-3-4-9-6-10/h3,5,7,9H,2,4,6H2,1H3,(H,11,12). The van der Waals surface area contributed by atoms with Crippen LogP contribution in [-0.4, -0.2) is 35.2 Å². The number of nitrogens with one attached hydrogen (secondary N) is 1. The third-order valence-corrected chi connectivity index (χ3v) is 1.93. The molecule has 0 aliphatic carbocycles. The zero-order valence-electron chi connectivity index (χ0n) is 7.16. The summed E-state index contributed by atoms with van der Waals surface area (Å²) in [5.74, 6) is -0.758. The summed E-state index contributed by atoms with van der Waals surface area (Å²) in [6.07, 6.45) is 4.40. The van der Waals surface area contributed by atoms with E-state index in [0.29, 0.717) is 13.1 Å². The maximum absolute atomic E-state index is 10.7. The van der Waals surface area contributed by atoms with Crippen molar-refractivity contribution >= 4 is 5.97 Å². The van der Waals surface area contributed by atoms with Crippen LogP contribution in [0, 0.1) is 0 Å². The van der Waals surface area contributed by atoms with E-state index in [1.54, 1.807) is 4.90 Å². The van der Waals surface area contributed by atoms with Gasteiger partial charge in [-0.2, -0.15) is 0 Å². The molecular weight excluding hydrogens is 156 g/mol. The highest BCUT2D eigenvalue weighted by Crippen LogP contribution is 2.05. The van der Waals surface area contributed by atoms with Gasteiger partial charge in [0.15, 0.2) is 0 Å². The number of hydrogen-bond acceptors (Lipinski definition) is 3. The smallest absolute Gasteiger partial charge is 0.326 e. The van der Waals surface area contributed by atoms with E-state index in [2.05, 4.69) is 5.32 Å². The predicted octanol–water partition coefficient (Wildman–Crippen LogP) is 0.226. The van der Waals surface area contributed by atoms with Crippen LogP contribution in [0.1, 0.15) is 13.3 Å². The number of carbonyl (C=O) groups is 1. The number of carboxylic acid groups (broad SMARTS) is 1. The number of rotatable bonds is 3. The molecule has 0 saturated carbocycles. The highest BCUT2D eigenvalue weighted by atomic mass is 16.4. The second kappa shape index (κ2) is 4.11. The minimum atomic E-state index is -0.758. The molecule has 0 spiro atoms. The molecule has 1 unspecified atom stereocenters. The Morgan fingerprint density at radius 3 is 3.00 bits per heavy atom. The Labute approximate surface area is 71.9 Å². The van der Waals surface area contributed by atoms with Crippen molar-refractivity contribution in [3.63, 3.8) is 0 Å². The van der Waals surface area contributed by atoms with Crippen LogP contribution >= 0.6 is 0 Å². The molecule has 12 heavy (non-hydrogen) atoms. The molecule has 0 radical (unpaired) electrons. The number of hydrogen-bond donors (Lipinski definition) is 2. The van der Waals surface area contributed by atoms with Gasteiger partial charge in [-0.15, -0.1) is 0 Å². The summed E-state index contributed by atoms with van der Waals surface area (Å²) in [6, 6.07) is -0.394. The third kappa shape index (κ3) is 1.98. The molecule has 2 N–H and O–H groups in total. The molecule has 0 bridgehead atoms. The number of nitrogens with zero attached hydrogens (tertiary/aromatic N) is 1. The van der Waals surface area contributed by atoms with Crippen LogP contribution in [0.3, 0.4) is 0 Å². The first-order valence-corrected chi connectivity index (χ1v) is 4.11. The lowest BCUT2D eigenvalue weighted by molar-refractivity contribution is -0.142. The zero-order chi connectivity index (χ0) is 8.97. The fourth-order valence-electron chi connectivity index (χ4n) is 1.28. The van der Waals surface area contributed by atoms with Crippen molar-refractivity contribution in [1.82, 2.24) is 10.2 Å². The van der Waals surface area contributed by atoms with Gasteiger partial charge in [0.25, 0.3) is 0 Å². The summed E-state index contributed by atoms with van der Waals surface area (Å²) in [4.78, 5) is 12.5. The van der Waals surface area contributed by atoms with E-state index in [4.69, 9.17) is 5.11 Å². The van der Waals surface area contributed by atoms with Crippen LogP contribution in [0.2, 0.25) is 0 Å². The third-order valence-electron chi connectivity index (χ3n) is 1.93. The molecule has 1 rings (SSSR count). The Morgan fingerprint density at radius 2 is 2.58 bits per heavy atom. The van der Waals surface area contributed by atoms with E-state index in [-0.39, 0.29) is 0 Å². The van der Waals surface area contributed by atoms with E-state index in [0.717, 1.165) is 6.54 Å². The SMILES string of the molecule is CCC(C(=O)O)N1C=CCNC1. The quantitative estimate of drug-likeness (QED) is 0.636. The lowest BCUT2D eigenvalue weighted by atomic mass is 10.2. The number of aliphatic carboxylic acids is 1. The molecule has 1 atom stereocenters. The van der Waals surface area contributed by atoms with Crippen molar-refractivity contribution in [2.45, 2.75) is 19.4 Å². The Morgan fingerprint density at radius 1 is 1.83 bits per heavy atom. The van der Waals surface area contributed by atoms with Crippen molar-refractivity contribution in [2.75, 3.05) is 13.2 Å². The van der Waals surface area contributed by atoms with Gasteiger partial charge >= 0.3 is 5.97 Å². The summed E-state index contributed by atoms with van der Waals surface area (Å²) in [6.45, 7) is 3.33. The molecule has 0 amide bonds. The zero-order valence-corrected chi connectivity index (χ0v) is 7.16. The summed E-state index contributed by atoms with van der Waals surface area (Å²) in [7, 11) is 0. The van der Waals surface area contributed by atoms with E-state index in [1.165, 1.54) is 0 Å². The van der Waals surface area contributed by atoms with Gasteiger partial charge in [0.2, 0.25) is 0 Å². The molecular formula is C8H14N2O2. The summed E-state index contributed by atoms with van der Waals surface area (Å²) in [5, 5.41) is 11.9. The van der Waals surface area contributed by atoms with Crippen LogP contribution in [0.5, 0.6) is 0 Å². The lowest BCUT2D eigenvalue weighted by Crippen LogP contribution is -2.44. The highest BCUT2D eigenvalue weighted by Gasteiger charge is 2.21. The van der Waals surface area contributed by atoms with Crippen LogP contribution < -0.4 is 5.32 Å². The van der Waals surface area contributed by atoms with Crippen molar-refractivity contribution < 1.29 is 9.90 Å². The molecule has 0 aromatic carbocycles. The first-order valence-electron chi connectivity index (χ1n) is 4.11. The van der Waals surface area contributed by atoms with Crippen LogP contribution in [0.15, 0.2) is 12.3 Å². The molecule has 0 aromatic heterocycles. The Bertz CT molecular complexity index is 191. The van der Waals surface area contributed by atoms with Gasteiger partial charge in [0.1, 0.15) is 6.04 Å². The van der Waals surface area contributed by atoms with Gasteiger partial charge < -0.3 is 10.0 Å². The van der Waals surface area contributed by atoms with Gasteiger partial charge in [0, 0.05) is 6.54 Å². The van der Waals surface area contributed by atoms with Gasteiger partial charge in [-0.3, -0.25) is 5.32 Å². The van der Waals surface area contributed by atoms with E-state index < -0.39 is 12.0 Å². The summed E-state index contributed by atoms with van der Waals surface area (Å²) >= 11 is 0. The fourth-order valence-corrected chi connectivity index (χ4v) is 1.28. The molecule has 0 saturated heterocycles. The molecule has 1 aliphatic rings. The maximum Gasteiger partial charge on any atom is 0.326 e. The number of carboxylic acids is 1. The van der Waals surface area contributed by atoms with Gasteiger partial charge in [-0.05, 0) is 12.6 Å². The van der Waals surface area contributed by atoms with E-state index in [9.17, 15) is 4.79 Å². The first-order chi connectivity index (χ1) is 5.75. The maximum atomic E-state index is 10.7. The highest BCUT2D eigenvalue weighted by molar-refractivity contribution is 5.73. The van der Waals surface area contributed by atoms with Gasteiger partial charge in [-0.1, -0.05) is 13.0 Å².